The van der Waals surface area contributed by atoms with Crippen LogP contribution in [0.15, 0.2) is 24.3 Å². The topological polar surface area (TPSA) is 62.1 Å². The molecule has 1 amide bonds. The number of amides is 1. The van der Waals surface area contributed by atoms with Gasteiger partial charge in [0, 0.05) is 11.6 Å². The highest BCUT2D eigenvalue weighted by molar-refractivity contribution is 5.85. The van der Waals surface area contributed by atoms with E-state index < -0.39 is 0 Å². The molecule has 1 aromatic carbocycles. The second kappa shape index (κ2) is 6.24. The molecule has 0 fully saturated rings. The second-order valence-corrected chi connectivity index (χ2v) is 4.70. The predicted molar refractivity (Wildman–Crippen MR) is 71.7 cm³/mol. The number of nitrogens with one attached hydrogen (secondary N) is 1. The second-order valence-electron chi connectivity index (χ2n) is 4.70. The molecule has 0 aliphatic carbocycles. The van der Waals surface area contributed by atoms with E-state index in [1.807, 2.05) is 31.2 Å². The molecule has 19 heavy (non-hydrogen) atoms. The maximum atomic E-state index is 12.3. The Morgan fingerprint density at radius 3 is 3.11 bits per heavy atom. The maximum Gasteiger partial charge on any atom is 0.228 e. The summed E-state index contributed by atoms with van der Waals surface area (Å²) in [5, 5.41) is 11.7. The lowest BCUT2D eigenvalue weighted by Crippen LogP contribution is -2.39. The Bertz CT molecular complexity index is 493. The van der Waals surface area contributed by atoms with E-state index in [4.69, 9.17) is 10.00 Å². The summed E-state index contributed by atoms with van der Waals surface area (Å²) in [4.78, 5) is 12.3. The molecule has 0 radical (unpaired) electrons. The number of benzene rings is 1. The number of fused-ring (bicyclic) bond motifs is 1. The normalized spacial score (nSPS) is 18.6. The first-order valence-corrected chi connectivity index (χ1v) is 6.65. The van der Waals surface area contributed by atoms with E-state index in [0.717, 1.165) is 17.7 Å². The zero-order valence-electron chi connectivity index (χ0n) is 11.1. The molecule has 2 atom stereocenters. The van der Waals surface area contributed by atoms with Crippen LogP contribution in [-0.2, 0) is 4.79 Å². The van der Waals surface area contributed by atoms with Crippen molar-refractivity contribution < 1.29 is 9.53 Å². The molecule has 4 heteroatoms. The molecule has 100 valence electrons. The Hall–Kier alpha value is -2.02. The lowest BCUT2D eigenvalue weighted by molar-refractivity contribution is -0.123. The van der Waals surface area contributed by atoms with Crippen molar-refractivity contribution in [1.29, 1.82) is 5.26 Å². The summed E-state index contributed by atoms with van der Waals surface area (Å²) in [6.07, 6.45) is 1.81. The number of rotatable bonds is 4. The summed E-state index contributed by atoms with van der Waals surface area (Å²) >= 11 is 0. The third kappa shape index (κ3) is 3.05. The van der Waals surface area contributed by atoms with Gasteiger partial charge in [0.05, 0.1) is 25.0 Å². The fourth-order valence-electron chi connectivity index (χ4n) is 2.32. The number of carbonyl (C=O) groups is 1. The fourth-order valence-corrected chi connectivity index (χ4v) is 2.32. The highest BCUT2D eigenvalue weighted by Crippen LogP contribution is 2.33. The first-order valence-electron chi connectivity index (χ1n) is 6.65. The van der Waals surface area contributed by atoms with Gasteiger partial charge >= 0.3 is 0 Å². The van der Waals surface area contributed by atoms with Gasteiger partial charge < -0.3 is 10.1 Å². The van der Waals surface area contributed by atoms with Crippen molar-refractivity contribution in [3.8, 4) is 11.8 Å². The highest BCUT2D eigenvalue weighted by atomic mass is 16.5. The van der Waals surface area contributed by atoms with Crippen LogP contribution < -0.4 is 10.1 Å². The van der Waals surface area contributed by atoms with Gasteiger partial charge in [0.25, 0.3) is 0 Å². The quantitative estimate of drug-likeness (QED) is 0.901. The Balaban J connectivity index is 2.11. The van der Waals surface area contributed by atoms with Crippen LogP contribution >= 0.6 is 0 Å². The summed E-state index contributed by atoms with van der Waals surface area (Å²) in [7, 11) is 0. The van der Waals surface area contributed by atoms with Crippen LogP contribution in [0.1, 0.15) is 37.7 Å². The molecule has 1 aliphatic rings. The minimum Gasteiger partial charge on any atom is -0.493 e. The van der Waals surface area contributed by atoms with E-state index in [2.05, 4.69) is 11.4 Å². The van der Waals surface area contributed by atoms with Crippen LogP contribution in [0.5, 0.6) is 5.75 Å². The molecule has 2 rings (SSSR count). The van der Waals surface area contributed by atoms with Crippen molar-refractivity contribution in [3.63, 3.8) is 0 Å². The van der Waals surface area contributed by atoms with E-state index in [1.165, 1.54) is 0 Å². The molecular weight excluding hydrogens is 240 g/mol. The van der Waals surface area contributed by atoms with Crippen LogP contribution in [-0.4, -0.2) is 18.6 Å². The van der Waals surface area contributed by atoms with E-state index in [-0.39, 0.29) is 17.9 Å². The van der Waals surface area contributed by atoms with E-state index in [9.17, 15) is 4.79 Å². The molecular formula is C15H18N2O2. The van der Waals surface area contributed by atoms with E-state index in [1.54, 1.807) is 0 Å². The number of hydrogen-bond acceptors (Lipinski definition) is 3. The molecule has 0 aromatic heterocycles. The molecule has 1 aliphatic heterocycles. The summed E-state index contributed by atoms with van der Waals surface area (Å²) in [5.41, 5.74) is 0.943. The lowest BCUT2D eigenvalue weighted by atomic mass is 9.92. The van der Waals surface area contributed by atoms with Gasteiger partial charge in [0.2, 0.25) is 5.91 Å². The number of carbonyl (C=O) groups excluding carboxylic acids is 1. The molecule has 0 saturated heterocycles. The summed E-state index contributed by atoms with van der Waals surface area (Å²) in [6.45, 7) is 2.53. The van der Waals surface area contributed by atoms with Crippen molar-refractivity contribution in [1.82, 2.24) is 5.32 Å². The van der Waals surface area contributed by atoms with Crippen molar-refractivity contribution in [3.05, 3.63) is 29.8 Å². The van der Waals surface area contributed by atoms with Gasteiger partial charge in [-0.1, -0.05) is 25.1 Å². The summed E-state index contributed by atoms with van der Waals surface area (Å²) in [5.74, 6) is 0.623. The van der Waals surface area contributed by atoms with Gasteiger partial charge in [0.1, 0.15) is 5.75 Å². The number of nitrogens with zero attached hydrogens (tertiary/aromatic N) is 1. The van der Waals surface area contributed by atoms with Crippen molar-refractivity contribution in [2.45, 2.75) is 38.1 Å². The summed E-state index contributed by atoms with van der Waals surface area (Å²) < 4.78 is 5.55. The smallest absolute Gasteiger partial charge is 0.228 e. The van der Waals surface area contributed by atoms with Crippen molar-refractivity contribution in [2.75, 3.05) is 6.61 Å². The Kier molecular flexibility index (Phi) is 4.40. The SMILES string of the molecule is CCC(CC#N)NC(=O)C1CCOc2ccccc21. The average molecular weight is 258 g/mol. The van der Waals surface area contributed by atoms with Gasteiger partial charge in [-0.05, 0) is 18.9 Å². The predicted octanol–water partition coefficient (Wildman–Crippen LogP) is 2.36. The van der Waals surface area contributed by atoms with E-state index >= 15 is 0 Å². The minimum absolute atomic E-state index is 0.00199. The van der Waals surface area contributed by atoms with Gasteiger partial charge in [-0.2, -0.15) is 5.26 Å². The first-order chi connectivity index (χ1) is 9.26. The molecule has 4 nitrogen and oxygen atoms in total. The molecule has 0 spiro atoms. The zero-order valence-corrected chi connectivity index (χ0v) is 11.1. The highest BCUT2D eigenvalue weighted by Gasteiger charge is 2.28. The molecule has 1 heterocycles. The number of hydrogen-bond donors (Lipinski definition) is 1. The van der Waals surface area contributed by atoms with Crippen LogP contribution in [0.4, 0.5) is 0 Å². The van der Waals surface area contributed by atoms with E-state index in [0.29, 0.717) is 19.4 Å². The molecule has 2 unspecified atom stereocenters. The van der Waals surface area contributed by atoms with Gasteiger partial charge in [0.15, 0.2) is 0 Å². The van der Waals surface area contributed by atoms with Crippen LogP contribution in [0, 0.1) is 11.3 Å². The Morgan fingerprint density at radius 1 is 1.58 bits per heavy atom. The first kappa shape index (κ1) is 13.4. The van der Waals surface area contributed by atoms with Gasteiger partial charge in [-0.25, -0.2) is 0 Å². The minimum atomic E-state index is -0.169. The standard InChI is InChI=1S/C15H18N2O2/c1-2-11(7-9-16)17-15(18)13-8-10-19-14-6-4-3-5-12(13)14/h3-6,11,13H,2,7-8,10H2,1H3,(H,17,18). The van der Waals surface area contributed by atoms with Gasteiger partial charge in [-0.3, -0.25) is 4.79 Å². The molecule has 0 bridgehead atoms. The fraction of sp³-hybridized carbons (Fsp3) is 0.467. The maximum absolute atomic E-state index is 12.3. The van der Waals surface area contributed by atoms with Crippen LogP contribution in [0.3, 0.4) is 0 Å². The zero-order chi connectivity index (χ0) is 13.7. The molecule has 0 saturated carbocycles. The summed E-state index contributed by atoms with van der Waals surface area (Å²) in [6, 6.07) is 9.69. The number of ether oxygens (including phenoxy) is 1. The number of para-hydroxylation sites is 1. The number of nitriles is 1. The van der Waals surface area contributed by atoms with Crippen molar-refractivity contribution >= 4 is 5.91 Å². The van der Waals surface area contributed by atoms with Crippen LogP contribution in [0.2, 0.25) is 0 Å². The van der Waals surface area contributed by atoms with Crippen molar-refractivity contribution in [2.24, 2.45) is 0 Å². The Labute approximate surface area is 113 Å². The average Bonchev–Trinajstić information content (AvgIpc) is 2.46. The third-order valence-electron chi connectivity index (χ3n) is 3.45. The molecule has 1 aromatic rings. The Morgan fingerprint density at radius 2 is 2.37 bits per heavy atom. The lowest BCUT2D eigenvalue weighted by Gasteiger charge is -2.26. The third-order valence-corrected chi connectivity index (χ3v) is 3.45. The molecule has 1 N–H and O–H groups in total. The van der Waals surface area contributed by atoms with Gasteiger partial charge in [-0.15, -0.1) is 0 Å². The monoisotopic (exact) mass is 258 g/mol. The van der Waals surface area contributed by atoms with Crippen LogP contribution in [0.25, 0.3) is 0 Å². The largest absolute Gasteiger partial charge is 0.493 e.